The SMILES string of the molecule is Cc1nn(C(C)c2cc(Cl)c(F)c3c2OC[C@H](C)N(C(=O)OC(C)(C)C)C3)c2ncnc(N)c12. The number of amides is 1. The molecule has 2 N–H and O–H groups in total. The number of nitrogens with zero attached hydrogens (tertiary/aromatic N) is 5. The van der Waals surface area contributed by atoms with Gasteiger partial charge >= 0.3 is 6.09 Å². The number of carbonyl (C=O) groups is 1. The largest absolute Gasteiger partial charge is 0.491 e. The molecule has 1 aliphatic rings. The summed E-state index contributed by atoms with van der Waals surface area (Å²) in [6.45, 7) is 11.0. The number of aromatic nitrogens is 4. The Bertz CT molecular complexity index is 1270. The normalized spacial score (nSPS) is 17.2. The van der Waals surface area contributed by atoms with Gasteiger partial charge < -0.3 is 15.2 Å². The van der Waals surface area contributed by atoms with E-state index in [1.165, 1.54) is 17.3 Å². The highest BCUT2D eigenvalue weighted by Gasteiger charge is 2.34. The molecule has 0 aliphatic carbocycles. The van der Waals surface area contributed by atoms with Crippen molar-refractivity contribution in [2.75, 3.05) is 12.3 Å². The van der Waals surface area contributed by atoms with Crippen molar-refractivity contribution in [1.29, 1.82) is 0 Å². The zero-order valence-corrected chi connectivity index (χ0v) is 20.8. The van der Waals surface area contributed by atoms with Crippen LogP contribution >= 0.6 is 11.6 Å². The highest BCUT2D eigenvalue weighted by molar-refractivity contribution is 6.31. The Balaban J connectivity index is 1.81. The minimum absolute atomic E-state index is 0.0501. The maximum Gasteiger partial charge on any atom is 0.410 e. The van der Waals surface area contributed by atoms with Crippen LogP contribution in [-0.4, -0.2) is 49.0 Å². The van der Waals surface area contributed by atoms with Gasteiger partial charge in [0, 0.05) is 5.56 Å². The van der Waals surface area contributed by atoms with Gasteiger partial charge in [-0.2, -0.15) is 5.10 Å². The van der Waals surface area contributed by atoms with E-state index < -0.39 is 23.6 Å². The summed E-state index contributed by atoms with van der Waals surface area (Å²) in [5.74, 6) is 0.0222. The number of rotatable bonds is 2. The van der Waals surface area contributed by atoms with Crippen LogP contribution in [0.4, 0.5) is 15.0 Å². The molecule has 0 saturated carbocycles. The third-order valence-corrected chi connectivity index (χ3v) is 6.04. The van der Waals surface area contributed by atoms with Gasteiger partial charge in [-0.05, 0) is 47.6 Å². The van der Waals surface area contributed by atoms with E-state index >= 15 is 4.39 Å². The maximum atomic E-state index is 15.3. The number of halogens is 2. The van der Waals surface area contributed by atoms with Crippen LogP contribution in [0, 0.1) is 12.7 Å². The van der Waals surface area contributed by atoms with Crippen LogP contribution in [0.2, 0.25) is 5.02 Å². The molecule has 182 valence electrons. The van der Waals surface area contributed by atoms with Crippen molar-refractivity contribution in [2.24, 2.45) is 0 Å². The predicted octanol–water partition coefficient (Wildman–Crippen LogP) is 4.64. The highest BCUT2D eigenvalue weighted by Crippen LogP contribution is 2.40. The molecule has 3 heterocycles. The topological polar surface area (TPSA) is 108 Å². The number of anilines is 1. The second kappa shape index (κ2) is 8.57. The summed E-state index contributed by atoms with van der Waals surface area (Å²) >= 11 is 6.31. The molecule has 0 spiro atoms. The molecule has 1 aliphatic heterocycles. The lowest BCUT2D eigenvalue weighted by Gasteiger charge is -2.29. The van der Waals surface area contributed by atoms with E-state index in [4.69, 9.17) is 26.8 Å². The molecule has 11 heteroatoms. The molecular weight excluding hydrogens is 463 g/mol. The van der Waals surface area contributed by atoms with Crippen LogP contribution in [0.3, 0.4) is 0 Å². The van der Waals surface area contributed by atoms with E-state index in [0.717, 1.165) is 0 Å². The summed E-state index contributed by atoms with van der Waals surface area (Å²) in [5.41, 5.74) is 7.36. The third kappa shape index (κ3) is 4.22. The Morgan fingerprint density at radius 2 is 2.09 bits per heavy atom. The first-order valence-electron chi connectivity index (χ1n) is 11.0. The number of nitrogen functional groups attached to an aromatic ring is 1. The standard InChI is InChI=1S/C23H28ClFN6O3/c1-11-9-33-19-14(13(3)31-21-17(12(2)29-31)20(26)27-10-28-21)7-16(24)18(25)15(19)8-30(11)22(32)34-23(4,5)6/h7,10-11,13H,8-9H2,1-6H3,(H2,26,27,28)/t11-,13?/m0/s1. The van der Waals surface area contributed by atoms with Crippen LogP contribution in [0.25, 0.3) is 11.0 Å². The number of nitrogens with two attached hydrogens (primary N) is 1. The molecule has 0 saturated heterocycles. The highest BCUT2D eigenvalue weighted by atomic mass is 35.5. The first-order valence-corrected chi connectivity index (χ1v) is 11.3. The van der Waals surface area contributed by atoms with Gasteiger partial charge in [0.25, 0.3) is 0 Å². The number of carbonyl (C=O) groups excluding carboxylic acids is 1. The number of hydrogen-bond donors (Lipinski definition) is 1. The Hall–Kier alpha value is -3.14. The van der Waals surface area contributed by atoms with Gasteiger partial charge in [-0.25, -0.2) is 23.8 Å². The number of hydrogen-bond acceptors (Lipinski definition) is 7. The summed E-state index contributed by atoms with van der Waals surface area (Å²) in [4.78, 5) is 22.7. The second-order valence-electron chi connectivity index (χ2n) is 9.50. The summed E-state index contributed by atoms with van der Waals surface area (Å²) in [5, 5.41) is 5.18. The molecular formula is C23H28ClFN6O3. The lowest BCUT2D eigenvalue weighted by molar-refractivity contribution is 0.0131. The van der Waals surface area contributed by atoms with E-state index in [1.807, 2.05) is 20.8 Å². The van der Waals surface area contributed by atoms with Gasteiger partial charge in [0.1, 0.15) is 30.1 Å². The monoisotopic (exact) mass is 490 g/mol. The Morgan fingerprint density at radius 3 is 2.76 bits per heavy atom. The van der Waals surface area contributed by atoms with Gasteiger partial charge in [0.15, 0.2) is 11.5 Å². The molecule has 4 rings (SSSR count). The van der Waals surface area contributed by atoms with Crippen molar-refractivity contribution in [3.63, 3.8) is 0 Å². The van der Waals surface area contributed by atoms with Crippen LogP contribution in [0.15, 0.2) is 12.4 Å². The van der Waals surface area contributed by atoms with Crippen molar-refractivity contribution in [3.05, 3.63) is 40.1 Å². The zero-order chi connectivity index (χ0) is 24.9. The number of fused-ring (bicyclic) bond motifs is 2. The first kappa shape index (κ1) is 24.0. The van der Waals surface area contributed by atoms with Gasteiger partial charge in [0.05, 0.1) is 40.3 Å². The average molecular weight is 491 g/mol. The zero-order valence-electron chi connectivity index (χ0n) is 20.0. The summed E-state index contributed by atoms with van der Waals surface area (Å²) in [6.07, 6.45) is 0.822. The van der Waals surface area contributed by atoms with E-state index in [2.05, 4.69) is 15.1 Å². The average Bonchev–Trinajstić information content (AvgIpc) is 2.98. The molecule has 2 atom stereocenters. The predicted molar refractivity (Wildman–Crippen MR) is 126 cm³/mol. The maximum absolute atomic E-state index is 15.3. The first-order chi connectivity index (χ1) is 15.9. The fourth-order valence-corrected chi connectivity index (χ4v) is 4.29. The smallest absolute Gasteiger partial charge is 0.410 e. The molecule has 2 aromatic heterocycles. The molecule has 1 aromatic carbocycles. The molecule has 3 aromatic rings. The minimum atomic E-state index is -0.692. The number of benzene rings is 1. The third-order valence-electron chi connectivity index (χ3n) is 5.76. The molecule has 1 amide bonds. The van der Waals surface area contributed by atoms with Crippen LogP contribution in [0.1, 0.15) is 57.5 Å². The minimum Gasteiger partial charge on any atom is -0.491 e. The second-order valence-corrected chi connectivity index (χ2v) is 9.91. The Morgan fingerprint density at radius 1 is 1.38 bits per heavy atom. The van der Waals surface area contributed by atoms with Crippen molar-refractivity contribution >= 4 is 34.5 Å². The fraction of sp³-hybridized carbons (Fsp3) is 0.478. The van der Waals surface area contributed by atoms with Crippen molar-refractivity contribution in [3.8, 4) is 5.75 Å². The molecule has 1 unspecified atom stereocenters. The molecule has 0 radical (unpaired) electrons. The van der Waals surface area contributed by atoms with Gasteiger partial charge in [-0.3, -0.25) is 4.90 Å². The van der Waals surface area contributed by atoms with Crippen molar-refractivity contribution in [1.82, 2.24) is 24.6 Å². The Labute approximate surface area is 202 Å². The van der Waals surface area contributed by atoms with Gasteiger partial charge in [0.2, 0.25) is 0 Å². The Kier molecular flexibility index (Phi) is 6.05. The van der Waals surface area contributed by atoms with Crippen LogP contribution in [-0.2, 0) is 11.3 Å². The summed E-state index contributed by atoms with van der Waals surface area (Å²) in [7, 11) is 0. The molecule has 0 fully saturated rings. The lowest BCUT2D eigenvalue weighted by atomic mass is 10.0. The van der Waals surface area contributed by atoms with E-state index in [1.54, 1.807) is 25.5 Å². The lowest BCUT2D eigenvalue weighted by Crippen LogP contribution is -2.43. The van der Waals surface area contributed by atoms with Crippen molar-refractivity contribution in [2.45, 2.75) is 65.8 Å². The number of aryl methyl sites for hydroxylation is 1. The van der Waals surface area contributed by atoms with Crippen molar-refractivity contribution < 1.29 is 18.7 Å². The molecule has 9 nitrogen and oxygen atoms in total. The van der Waals surface area contributed by atoms with E-state index in [9.17, 15) is 4.79 Å². The molecule has 34 heavy (non-hydrogen) atoms. The van der Waals surface area contributed by atoms with Crippen LogP contribution < -0.4 is 10.5 Å². The van der Waals surface area contributed by atoms with Crippen LogP contribution in [0.5, 0.6) is 5.75 Å². The molecule has 0 bridgehead atoms. The quantitative estimate of drug-likeness (QED) is 0.557. The summed E-state index contributed by atoms with van der Waals surface area (Å²) in [6, 6.07) is 0.742. The van der Waals surface area contributed by atoms with Gasteiger partial charge in [-0.1, -0.05) is 11.6 Å². The summed E-state index contributed by atoms with van der Waals surface area (Å²) < 4.78 is 28.6. The fourth-order valence-electron chi connectivity index (χ4n) is 4.06. The van der Waals surface area contributed by atoms with E-state index in [-0.39, 0.29) is 29.8 Å². The van der Waals surface area contributed by atoms with E-state index in [0.29, 0.717) is 33.9 Å². The number of ether oxygens (including phenoxy) is 2. The van der Waals surface area contributed by atoms with Gasteiger partial charge in [-0.15, -0.1) is 0 Å².